The summed E-state index contributed by atoms with van der Waals surface area (Å²) in [5.74, 6) is -1.08. The summed E-state index contributed by atoms with van der Waals surface area (Å²) in [5, 5.41) is 8.89. The second-order valence-electron chi connectivity index (χ2n) is 0.492. The van der Waals surface area contributed by atoms with Crippen molar-refractivity contribution >= 4 is 5.97 Å². The van der Waals surface area contributed by atoms with Crippen molar-refractivity contribution in [1.82, 2.24) is 0 Å². The van der Waals surface area contributed by atoms with E-state index in [0.717, 1.165) is 6.92 Å². The van der Waals surface area contributed by atoms with Gasteiger partial charge < -0.3 is 9.90 Å². The molecule has 3 heteroatoms. The molecule has 1 radical (unpaired) electrons. The molecule has 2 nitrogen and oxygen atoms in total. The van der Waals surface area contributed by atoms with Crippen molar-refractivity contribution in [1.29, 1.82) is 0 Å². The van der Waals surface area contributed by atoms with Gasteiger partial charge in [-0.3, -0.25) is 0 Å². The zero-order valence-electron chi connectivity index (χ0n) is 2.89. The van der Waals surface area contributed by atoms with Crippen LogP contribution in [0.15, 0.2) is 0 Å². The Morgan fingerprint density at radius 1 is 1.80 bits per heavy atom. The van der Waals surface area contributed by atoms with Crippen LogP contribution in [0.2, 0.25) is 0 Å². The van der Waals surface area contributed by atoms with Crippen LogP contribution in [0.3, 0.4) is 0 Å². The average Bonchev–Trinajstić information content (AvgIpc) is 0.811. The summed E-state index contributed by atoms with van der Waals surface area (Å²) >= 11 is 0. The third-order valence-electron chi connectivity index (χ3n) is 0. The smallest absolute Gasteiger partial charge is 0.0383 e. The first-order valence-corrected chi connectivity index (χ1v) is 0.908. The third kappa shape index (κ3) is 92.0. The Kier molecular flexibility index (Phi) is 8.35. The first kappa shape index (κ1) is 9.13. The molecule has 0 aromatic rings. The van der Waals surface area contributed by atoms with Gasteiger partial charge in [0.15, 0.2) is 0 Å². The van der Waals surface area contributed by atoms with E-state index < -0.39 is 5.97 Å². The van der Waals surface area contributed by atoms with Crippen LogP contribution in [0.4, 0.5) is 0 Å². The van der Waals surface area contributed by atoms with Crippen LogP contribution < -0.4 is 5.11 Å². The van der Waals surface area contributed by atoms with Gasteiger partial charge in [0.2, 0.25) is 0 Å². The van der Waals surface area contributed by atoms with Crippen molar-refractivity contribution in [2.24, 2.45) is 0 Å². The van der Waals surface area contributed by atoms with Gasteiger partial charge in [0, 0.05) is 38.7 Å². The molecule has 0 N–H and O–H groups in total. The van der Waals surface area contributed by atoms with Crippen molar-refractivity contribution in [3.8, 4) is 0 Å². The summed E-state index contributed by atoms with van der Waals surface area (Å²) in [6.45, 7) is 0.972. The Hall–Kier alpha value is 0.574. The molecule has 0 saturated heterocycles. The molecule has 0 spiro atoms. The molecule has 0 fully saturated rings. The van der Waals surface area contributed by atoms with E-state index in [9.17, 15) is 0 Å². The van der Waals surface area contributed by atoms with Gasteiger partial charge in [-0.15, -0.1) is 0 Å². The first-order chi connectivity index (χ1) is 1.73. The Bertz CT molecular complexity index is 30.6. The maximum atomic E-state index is 8.89. The number of rotatable bonds is 0. The Morgan fingerprint density at radius 3 is 1.80 bits per heavy atom. The molecule has 27 valence electrons. The number of hydrogen-bond acceptors (Lipinski definition) is 2. The van der Waals surface area contributed by atoms with E-state index in [0.29, 0.717) is 0 Å². The van der Waals surface area contributed by atoms with Gasteiger partial charge in [-0.1, -0.05) is 0 Å². The molecule has 5 heavy (non-hydrogen) atoms. The summed E-state index contributed by atoms with van der Waals surface area (Å²) in [4.78, 5) is 8.89. The minimum atomic E-state index is -1.08. The summed E-state index contributed by atoms with van der Waals surface area (Å²) in [6, 6.07) is 0. The second-order valence-corrected chi connectivity index (χ2v) is 0.492. The fourth-order valence-corrected chi connectivity index (χ4v) is 0. The predicted octanol–water partition coefficient (Wildman–Crippen LogP) is -1.25. The van der Waals surface area contributed by atoms with Crippen molar-refractivity contribution in [2.45, 2.75) is 6.92 Å². The van der Waals surface area contributed by atoms with Gasteiger partial charge >= 0.3 is 0 Å². The van der Waals surface area contributed by atoms with Crippen LogP contribution in [0.5, 0.6) is 0 Å². The molecule has 0 atom stereocenters. The van der Waals surface area contributed by atoms with Crippen molar-refractivity contribution < 1.29 is 42.6 Å². The fraction of sp³-hybridized carbons (Fsp3) is 0.500. The largest absolute Gasteiger partial charge is 0.550 e. The molecule has 0 aromatic carbocycles. The molecule has 0 rings (SSSR count). The number of carbonyl (C=O) groups is 1. The molecular formula is C2H3O2Y-. The van der Waals surface area contributed by atoms with Gasteiger partial charge in [-0.25, -0.2) is 0 Å². The van der Waals surface area contributed by atoms with Gasteiger partial charge in [0.05, 0.1) is 0 Å². The summed E-state index contributed by atoms with van der Waals surface area (Å²) < 4.78 is 0. The summed E-state index contributed by atoms with van der Waals surface area (Å²) in [7, 11) is 0. The third-order valence-corrected chi connectivity index (χ3v) is 0. The van der Waals surface area contributed by atoms with E-state index in [-0.39, 0.29) is 32.7 Å². The van der Waals surface area contributed by atoms with E-state index in [4.69, 9.17) is 9.90 Å². The monoisotopic (exact) mass is 148 g/mol. The van der Waals surface area contributed by atoms with Gasteiger partial charge in [-0.05, 0) is 6.92 Å². The number of carboxylic acid groups (broad SMARTS) is 1. The molecule has 0 bridgehead atoms. The van der Waals surface area contributed by atoms with Crippen LogP contribution in [-0.4, -0.2) is 5.97 Å². The molecule has 0 aromatic heterocycles. The van der Waals surface area contributed by atoms with Gasteiger partial charge in [-0.2, -0.15) is 0 Å². The second kappa shape index (κ2) is 4.57. The molecule has 0 aliphatic rings. The molecule has 0 aliphatic carbocycles. The Labute approximate surface area is 55.4 Å². The number of carboxylic acids is 1. The summed E-state index contributed by atoms with van der Waals surface area (Å²) in [5.41, 5.74) is 0. The maximum Gasteiger partial charge on any atom is 0.0383 e. The molecular weight excluding hydrogens is 145 g/mol. The molecule has 0 amide bonds. The number of aliphatic carboxylic acids is 1. The van der Waals surface area contributed by atoms with Gasteiger partial charge in [0.1, 0.15) is 0 Å². The van der Waals surface area contributed by atoms with Crippen LogP contribution in [0.1, 0.15) is 6.92 Å². The van der Waals surface area contributed by atoms with E-state index in [1.54, 1.807) is 0 Å². The zero-order chi connectivity index (χ0) is 3.58. The standard InChI is InChI=1S/C2H4O2.Y/c1-2(3)4;/h1H3,(H,3,4);/p-1. The van der Waals surface area contributed by atoms with Crippen molar-refractivity contribution in [3.05, 3.63) is 0 Å². The maximum absolute atomic E-state index is 8.89. The van der Waals surface area contributed by atoms with E-state index >= 15 is 0 Å². The van der Waals surface area contributed by atoms with Crippen LogP contribution >= 0.6 is 0 Å². The number of carbonyl (C=O) groups excluding carboxylic acids is 1. The molecule has 0 saturated carbocycles. The van der Waals surface area contributed by atoms with E-state index in [1.165, 1.54) is 0 Å². The first-order valence-electron chi connectivity index (χ1n) is 0.908. The molecule has 0 unspecified atom stereocenters. The minimum absolute atomic E-state index is 0. The van der Waals surface area contributed by atoms with Crippen LogP contribution in [-0.2, 0) is 37.5 Å². The molecule has 0 aliphatic heterocycles. The van der Waals surface area contributed by atoms with Gasteiger partial charge in [0.25, 0.3) is 0 Å². The van der Waals surface area contributed by atoms with E-state index in [1.807, 2.05) is 0 Å². The SMILES string of the molecule is CC(=O)[O-].[Y]. The quantitative estimate of drug-likeness (QED) is 0.430. The predicted molar refractivity (Wildman–Crippen MR) is 10.7 cm³/mol. The van der Waals surface area contributed by atoms with E-state index in [2.05, 4.69) is 0 Å². The van der Waals surface area contributed by atoms with Crippen LogP contribution in [0.25, 0.3) is 0 Å². The zero-order valence-corrected chi connectivity index (χ0v) is 5.73. The Morgan fingerprint density at radius 2 is 1.80 bits per heavy atom. The average molecular weight is 148 g/mol. The summed E-state index contributed by atoms with van der Waals surface area (Å²) in [6.07, 6.45) is 0. The fourth-order valence-electron chi connectivity index (χ4n) is 0. The molecule has 0 heterocycles. The number of hydrogen-bond donors (Lipinski definition) is 0. The Balaban J connectivity index is 0. The van der Waals surface area contributed by atoms with Crippen molar-refractivity contribution in [3.63, 3.8) is 0 Å². The van der Waals surface area contributed by atoms with Crippen molar-refractivity contribution in [2.75, 3.05) is 0 Å². The topological polar surface area (TPSA) is 40.1 Å². The normalized spacial score (nSPS) is 5.00. The van der Waals surface area contributed by atoms with Crippen LogP contribution in [0, 0.1) is 0 Å². The minimum Gasteiger partial charge on any atom is -0.550 e.